The van der Waals surface area contributed by atoms with Gasteiger partial charge < -0.3 is 11.5 Å². The Morgan fingerprint density at radius 3 is 2.27 bits per heavy atom. The molecule has 1 amide bonds. The third-order valence-electron chi connectivity index (χ3n) is 1.90. The highest BCUT2D eigenvalue weighted by Crippen LogP contribution is 2.11. The Morgan fingerprint density at radius 1 is 1.47 bits per heavy atom. The third-order valence-corrected chi connectivity index (χ3v) is 3.99. The van der Waals surface area contributed by atoms with Gasteiger partial charge in [0.15, 0.2) is 0 Å². The molecule has 15 heavy (non-hydrogen) atoms. The number of carbonyl (C=O) groups excluding carboxylic acids is 1. The minimum absolute atomic E-state index is 0.0297. The van der Waals surface area contributed by atoms with Crippen molar-refractivity contribution < 1.29 is 13.2 Å². The minimum Gasteiger partial charge on any atom is -0.370 e. The molecule has 7 heteroatoms. The molecule has 0 aromatic rings. The summed E-state index contributed by atoms with van der Waals surface area (Å²) in [5, 5.41) is -0.690. The molecule has 0 spiro atoms. The molecule has 5 N–H and O–H groups in total. The molecule has 0 saturated heterocycles. The summed E-state index contributed by atoms with van der Waals surface area (Å²) in [5.74, 6) is -0.553. The maximum Gasteiger partial charge on any atom is 0.219 e. The number of amides is 1. The highest BCUT2D eigenvalue weighted by molar-refractivity contribution is 7.90. The highest BCUT2D eigenvalue weighted by Gasteiger charge is 2.29. The van der Waals surface area contributed by atoms with E-state index in [2.05, 4.69) is 4.72 Å². The predicted octanol–water partition coefficient (Wildman–Crippen LogP) is -1.09. The van der Waals surface area contributed by atoms with Crippen LogP contribution >= 0.6 is 0 Å². The van der Waals surface area contributed by atoms with Crippen LogP contribution in [0.2, 0.25) is 0 Å². The van der Waals surface area contributed by atoms with E-state index < -0.39 is 26.7 Å². The number of hydrogen-bond acceptors (Lipinski definition) is 4. The molecule has 0 aliphatic carbocycles. The van der Waals surface area contributed by atoms with Gasteiger partial charge in [0.25, 0.3) is 0 Å². The van der Waals surface area contributed by atoms with Gasteiger partial charge in [-0.15, -0.1) is 0 Å². The first-order valence-corrected chi connectivity index (χ1v) is 6.16. The fourth-order valence-corrected chi connectivity index (χ4v) is 2.38. The molecule has 0 fully saturated rings. The molecular formula is C8H19N3O3S. The number of primary amides is 1. The number of sulfonamides is 1. The molecular weight excluding hydrogens is 218 g/mol. The lowest BCUT2D eigenvalue weighted by atomic mass is 10.0. The van der Waals surface area contributed by atoms with Gasteiger partial charge in [0.1, 0.15) is 0 Å². The zero-order valence-electron chi connectivity index (χ0n) is 9.28. The Labute approximate surface area is 90.4 Å². The van der Waals surface area contributed by atoms with Crippen molar-refractivity contribution in [2.24, 2.45) is 11.5 Å². The summed E-state index contributed by atoms with van der Waals surface area (Å²) < 4.78 is 25.6. The van der Waals surface area contributed by atoms with E-state index in [1.165, 1.54) is 6.92 Å². The summed E-state index contributed by atoms with van der Waals surface area (Å²) in [6, 6.07) is 0. The van der Waals surface area contributed by atoms with Crippen LogP contribution in [-0.4, -0.2) is 31.7 Å². The highest BCUT2D eigenvalue weighted by atomic mass is 32.2. The Bertz CT molecular complexity index is 324. The zero-order valence-corrected chi connectivity index (χ0v) is 10.1. The first kappa shape index (κ1) is 14.3. The second-order valence-corrected chi connectivity index (χ2v) is 6.32. The SMILES string of the molecule is CC(CN)S(=O)(=O)NC(C)(C)CC(N)=O. The lowest BCUT2D eigenvalue weighted by Gasteiger charge is -2.26. The van der Waals surface area contributed by atoms with Crippen molar-refractivity contribution in [3.05, 3.63) is 0 Å². The summed E-state index contributed by atoms with van der Waals surface area (Å²) in [6.07, 6.45) is -0.0521. The molecule has 0 radical (unpaired) electrons. The lowest BCUT2D eigenvalue weighted by molar-refractivity contribution is -0.119. The van der Waals surface area contributed by atoms with Gasteiger partial charge in [-0.05, 0) is 20.8 Å². The Hall–Kier alpha value is -0.660. The molecule has 0 heterocycles. The first-order chi connectivity index (χ1) is 6.60. The van der Waals surface area contributed by atoms with Gasteiger partial charge in [-0.3, -0.25) is 4.79 Å². The number of carbonyl (C=O) groups is 1. The number of rotatable bonds is 6. The molecule has 0 bridgehead atoms. The fourth-order valence-electron chi connectivity index (χ4n) is 1.08. The van der Waals surface area contributed by atoms with Crippen molar-refractivity contribution >= 4 is 15.9 Å². The van der Waals surface area contributed by atoms with Gasteiger partial charge in [0, 0.05) is 18.5 Å². The van der Waals surface area contributed by atoms with E-state index in [9.17, 15) is 13.2 Å². The summed E-state index contributed by atoms with van der Waals surface area (Å²) in [4.78, 5) is 10.7. The van der Waals surface area contributed by atoms with E-state index in [0.717, 1.165) is 0 Å². The Balaban J connectivity index is 4.65. The molecule has 0 aromatic heterocycles. The maximum atomic E-state index is 11.6. The largest absolute Gasteiger partial charge is 0.370 e. The van der Waals surface area contributed by atoms with Crippen LogP contribution in [-0.2, 0) is 14.8 Å². The standard InChI is InChI=1S/C8H19N3O3S/c1-6(5-9)15(13,14)11-8(2,3)4-7(10)12/h6,11H,4-5,9H2,1-3H3,(H2,10,12). The van der Waals surface area contributed by atoms with Gasteiger partial charge >= 0.3 is 0 Å². The van der Waals surface area contributed by atoms with Crippen LogP contribution < -0.4 is 16.2 Å². The number of nitrogens with two attached hydrogens (primary N) is 2. The number of hydrogen-bond donors (Lipinski definition) is 3. The molecule has 1 unspecified atom stereocenters. The van der Waals surface area contributed by atoms with Gasteiger partial charge in [-0.1, -0.05) is 0 Å². The monoisotopic (exact) mass is 237 g/mol. The zero-order chi connectivity index (χ0) is 12.3. The predicted molar refractivity (Wildman–Crippen MR) is 58.5 cm³/mol. The summed E-state index contributed by atoms with van der Waals surface area (Å²) in [6.45, 7) is 4.72. The van der Waals surface area contributed by atoms with E-state index in [4.69, 9.17) is 11.5 Å². The molecule has 90 valence electrons. The number of nitrogens with one attached hydrogen (secondary N) is 1. The molecule has 0 rings (SSSR count). The van der Waals surface area contributed by atoms with Crippen LogP contribution in [0.5, 0.6) is 0 Å². The van der Waals surface area contributed by atoms with E-state index >= 15 is 0 Å². The van der Waals surface area contributed by atoms with Gasteiger partial charge in [0.05, 0.1) is 5.25 Å². The Kier molecular flexibility index (Phi) is 4.69. The van der Waals surface area contributed by atoms with Crippen LogP contribution in [0.15, 0.2) is 0 Å². The average Bonchev–Trinajstić information content (AvgIpc) is 1.97. The first-order valence-electron chi connectivity index (χ1n) is 4.62. The lowest BCUT2D eigenvalue weighted by Crippen LogP contribution is -2.50. The second-order valence-electron chi connectivity index (χ2n) is 4.22. The van der Waals surface area contributed by atoms with E-state index in [0.29, 0.717) is 0 Å². The van der Waals surface area contributed by atoms with Crippen LogP contribution in [0, 0.1) is 0 Å². The van der Waals surface area contributed by atoms with Crippen molar-refractivity contribution in [3.8, 4) is 0 Å². The van der Waals surface area contributed by atoms with Crippen molar-refractivity contribution in [2.75, 3.05) is 6.54 Å². The fraction of sp³-hybridized carbons (Fsp3) is 0.875. The van der Waals surface area contributed by atoms with Gasteiger partial charge in [0.2, 0.25) is 15.9 Å². The van der Waals surface area contributed by atoms with E-state index in [1.54, 1.807) is 13.8 Å². The van der Waals surface area contributed by atoms with E-state index in [1.807, 2.05) is 0 Å². The normalized spacial score (nSPS) is 14.9. The quantitative estimate of drug-likeness (QED) is 0.544. The topological polar surface area (TPSA) is 115 Å². The molecule has 0 aliphatic rings. The molecule has 6 nitrogen and oxygen atoms in total. The van der Waals surface area contributed by atoms with E-state index in [-0.39, 0.29) is 13.0 Å². The van der Waals surface area contributed by atoms with Crippen molar-refractivity contribution in [3.63, 3.8) is 0 Å². The van der Waals surface area contributed by atoms with Crippen LogP contribution in [0.1, 0.15) is 27.2 Å². The van der Waals surface area contributed by atoms with Crippen molar-refractivity contribution in [1.82, 2.24) is 4.72 Å². The smallest absolute Gasteiger partial charge is 0.219 e. The van der Waals surface area contributed by atoms with Crippen LogP contribution in [0.3, 0.4) is 0 Å². The summed E-state index contributed by atoms with van der Waals surface area (Å²) >= 11 is 0. The van der Waals surface area contributed by atoms with Gasteiger partial charge in [-0.25, -0.2) is 13.1 Å². The van der Waals surface area contributed by atoms with Crippen molar-refractivity contribution in [2.45, 2.75) is 38.0 Å². The molecule has 0 aromatic carbocycles. The van der Waals surface area contributed by atoms with Gasteiger partial charge in [-0.2, -0.15) is 0 Å². The second kappa shape index (κ2) is 4.91. The average molecular weight is 237 g/mol. The van der Waals surface area contributed by atoms with Crippen LogP contribution in [0.4, 0.5) is 0 Å². The molecule has 0 aliphatic heterocycles. The van der Waals surface area contributed by atoms with Crippen molar-refractivity contribution in [1.29, 1.82) is 0 Å². The van der Waals surface area contributed by atoms with Crippen LogP contribution in [0.25, 0.3) is 0 Å². The summed E-state index contributed by atoms with van der Waals surface area (Å²) in [5.41, 5.74) is 9.39. The maximum absolute atomic E-state index is 11.6. The Morgan fingerprint density at radius 2 is 1.93 bits per heavy atom. The molecule has 0 saturated carbocycles. The summed E-state index contributed by atoms with van der Waals surface area (Å²) in [7, 11) is -3.50. The molecule has 1 atom stereocenters. The third kappa shape index (κ3) is 5.10. The minimum atomic E-state index is -3.50.